The quantitative estimate of drug-likeness (QED) is 0.597. The van der Waals surface area contributed by atoms with E-state index in [0.29, 0.717) is 0 Å². The van der Waals surface area contributed by atoms with E-state index in [1.54, 1.807) is 6.92 Å². The van der Waals surface area contributed by atoms with Crippen LogP contribution in [0.4, 0.5) is 0 Å². The van der Waals surface area contributed by atoms with Gasteiger partial charge in [-0.15, -0.1) is 12.6 Å². The Labute approximate surface area is 80.9 Å². The second-order valence-electron chi connectivity index (χ2n) is 1.65. The molecule has 0 unspecified atom stereocenters. The topological polar surface area (TPSA) is 20.2 Å². The molecular formula is C10H18OS. The van der Waals surface area contributed by atoms with Gasteiger partial charge in [-0.25, -0.2) is 0 Å². The first-order valence-electron chi connectivity index (χ1n) is 4.16. The third-order valence-electron chi connectivity index (χ3n) is 0.756. The number of aliphatic hydroxyl groups is 1. The van der Waals surface area contributed by atoms with Crippen molar-refractivity contribution in [2.75, 3.05) is 6.61 Å². The fraction of sp³-hybridized carbons (Fsp3) is 0.400. The second kappa shape index (κ2) is 13.1. The van der Waals surface area contributed by atoms with E-state index in [1.165, 1.54) is 0 Å². The first-order chi connectivity index (χ1) is 5.81. The van der Waals surface area contributed by atoms with Crippen molar-refractivity contribution in [3.63, 3.8) is 0 Å². The van der Waals surface area contributed by atoms with Crippen molar-refractivity contribution in [3.05, 3.63) is 30.3 Å². The number of hydrogen-bond donors (Lipinski definition) is 2. The number of aliphatic hydroxyl groups excluding tert-OH is 1. The molecule has 1 aromatic carbocycles. The molecule has 2 heteroatoms. The highest BCUT2D eigenvalue weighted by atomic mass is 32.1. The Balaban J connectivity index is 0. The summed E-state index contributed by atoms with van der Waals surface area (Å²) in [5.74, 6) is 0. The summed E-state index contributed by atoms with van der Waals surface area (Å²) in [5, 5.41) is 7.57. The van der Waals surface area contributed by atoms with Gasteiger partial charge >= 0.3 is 0 Å². The third kappa shape index (κ3) is 12.2. The van der Waals surface area contributed by atoms with Crippen LogP contribution in [0.3, 0.4) is 0 Å². The Morgan fingerprint density at radius 3 is 1.67 bits per heavy atom. The molecule has 0 heterocycles. The zero-order chi connectivity index (χ0) is 9.82. The lowest BCUT2D eigenvalue weighted by Gasteiger charge is -1.81. The minimum absolute atomic E-state index is 0.250. The lowest BCUT2D eigenvalue weighted by Crippen LogP contribution is -1.57. The Hall–Kier alpha value is -0.470. The Bertz CT molecular complexity index is 151. The highest BCUT2D eigenvalue weighted by Crippen LogP contribution is 2.00. The van der Waals surface area contributed by atoms with Crippen LogP contribution in [0.2, 0.25) is 0 Å². The van der Waals surface area contributed by atoms with Gasteiger partial charge in [-0.1, -0.05) is 32.0 Å². The van der Waals surface area contributed by atoms with Gasteiger partial charge in [-0.05, 0) is 19.1 Å². The van der Waals surface area contributed by atoms with Crippen LogP contribution >= 0.6 is 12.6 Å². The van der Waals surface area contributed by atoms with Crippen molar-refractivity contribution in [3.8, 4) is 0 Å². The molecule has 0 saturated heterocycles. The fourth-order valence-corrected chi connectivity index (χ4v) is 0.600. The molecule has 1 nitrogen and oxygen atoms in total. The summed E-state index contributed by atoms with van der Waals surface area (Å²) < 4.78 is 0. The number of benzene rings is 1. The van der Waals surface area contributed by atoms with Crippen LogP contribution in [0.1, 0.15) is 20.8 Å². The zero-order valence-corrected chi connectivity index (χ0v) is 8.88. The number of hydrogen-bond acceptors (Lipinski definition) is 2. The monoisotopic (exact) mass is 186 g/mol. The van der Waals surface area contributed by atoms with Gasteiger partial charge in [0.1, 0.15) is 0 Å². The molecule has 0 atom stereocenters. The highest BCUT2D eigenvalue weighted by molar-refractivity contribution is 7.80. The molecule has 0 aliphatic heterocycles. The maximum absolute atomic E-state index is 7.57. The van der Waals surface area contributed by atoms with Crippen molar-refractivity contribution in [2.45, 2.75) is 25.7 Å². The normalized spacial score (nSPS) is 7.08. The van der Waals surface area contributed by atoms with E-state index in [1.807, 2.05) is 44.2 Å². The van der Waals surface area contributed by atoms with E-state index in [0.717, 1.165) is 4.90 Å². The molecule has 0 radical (unpaired) electrons. The largest absolute Gasteiger partial charge is 0.397 e. The van der Waals surface area contributed by atoms with Gasteiger partial charge in [0.2, 0.25) is 0 Å². The molecule has 0 saturated carbocycles. The van der Waals surface area contributed by atoms with Crippen LogP contribution in [-0.2, 0) is 0 Å². The molecule has 0 bridgehead atoms. The van der Waals surface area contributed by atoms with E-state index in [9.17, 15) is 0 Å². The summed E-state index contributed by atoms with van der Waals surface area (Å²) in [6.45, 7) is 5.93. The van der Waals surface area contributed by atoms with Gasteiger partial charge in [0, 0.05) is 11.5 Å². The fourth-order valence-electron chi connectivity index (χ4n) is 0.428. The Morgan fingerprint density at radius 2 is 1.50 bits per heavy atom. The SMILES string of the molecule is CC.CCO.Sc1ccccc1. The third-order valence-corrected chi connectivity index (χ3v) is 1.05. The lowest BCUT2D eigenvalue weighted by molar-refractivity contribution is 0.318. The maximum Gasteiger partial charge on any atom is 0.0402 e. The van der Waals surface area contributed by atoms with Crippen molar-refractivity contribution >= 4 is 12.6 Å². The van der Waals surface area contributed by atoms with Crippen LogP contribution < -0.4 is 0 Å². The van der Waals surface area contributed by atoms with Crippen LogP contribution in [0.5, 0.6) is 0 Å². The van der Waals surface area contributed by atoms with E-state index in [-0.39, 0.29) is 6.61 Å². The molecule has 0 amide bonds. The van der Waals surface area contributed by atoms with Crippen molar-refractivity contribution in [2.24, 2.45) is 0 Å². The summed E-state index contributed by atoms with van der Waals surface area (Å²) in [6.07, 6.45) is 0. The standard InChI is InChI=1S/C6H6S.C2H6O.C2H6/c7-6-4-2-1-3-5-6;1-2-3;1-2/h1-5,7H;3H,2H2,1H3;1-2H3. The van der Waals surface area contributed by atoms with Gasteiger partial charge in [0.25, 0.3) is 0 Å². The number of thiol groups is 1. The predicted octanol–water partition coefficient (Wildman–Crippen LogP) is 3.00. The summed E-state index contributed by atoms with van der Waals surface area (Å²) in [6, 6.07) is 9.79. The Morgan fingerprint density at radius 1 is 1.17 bits per heavy atom. The minimum atomic E-state index is 0.250. The minimum Gasteiger partial charge on any atom is -0.397 e. The summed E-state index contributed by atoms with van der Waals surface area (Å²) >= 11 is 4.08. The first-order valence-corrected chi connectivity index (χ1v) is 4.60. The highest BCUT2D eigenvalue weighted by Gasteiger charge is 1.73. The van der Waals surface area contributed by atoms with Crippen molar-refractivity contribution < 1.29 is 5.11 Å². The van der Waals surface area contributed by atoms with Crippen molar-refractivity contribution in [1.29, 1.82) is 0 Å². The van der Waals surface area contributed by atoms with Gasteiger partial charge < -0.3 is 5.11 Å². The molecule has 0 aromatic heterocycles. The molecule has 12 heavy (non-hydrogen) atoms. The average molecular weight is 186 g/mol. The summed E-state index contributed by atoms with van der Waals surface area (Å²) in [7, 11) is 0. The van der Waals surface area contributed by atoms with Crippen molar-refractivity contribution in [1.82, 2.24) is 0 Å². The summed E-state index contributed by atoms with van der Waals surface area (Å²) in [5.41, 5.74) is 0. The second-order valence-corrected chi connectivity index (χ2v) is 2.17. The molecule has 0 fully saturated rings. The number of rotatable bonds is 0. The molecule has 1 aromatic rings. The first kappa shape index (κ1) is 14.1. The van der Waals surface area contributed by atoms with Crippen LogP contribution in [0, 0.1) is 0 Å². The van der Waals surface area contributed by atoms with Crippen LogP contribution in [0.15, 0.2) is 35.2 Å². The van der Waals surface area contributed by atoms with E-state index >= 15 is 0 Å². The molecule has 70 valence electrons. The van der Waals surface area contributed by atoms with Crippen LogP contribution in [-0.4, -0.2) is 11.7 Å². The molecule has 1 rings (SSSR count). The van der Waals surface area contributed by atoms with Gasteiger partial charge in [0.05, 0.1) is 0 Å². The van der Waals surface area contributed by atoms with Gasteiger partial charge in [0.15, 0.2) is 0 Å². The average Bonchev–Trinajstić information content (AvgIpc) is 2.11. The molecular weight excluding hydrogens is 168 g/mol. The summed E-state index contributed by atoms with van der Waals surface area (Å²) in [4.78, 5) is 1.02. The molecule has 1 N–H and O–H groups in total. The van der Waals surface area contributed by atoms with E-state index < -0.39 is 0 Å². The molecule has 0 spiro atoms. The van der Waals surface area contributed by atoms with E-state index in [2.05, 4.69) is 12.6 Å². The molecule has 0 aliphatic rings. The van der Waals surface area contributed by atoms with E-state index in [4.69, 9.17) is 5.11 Å². The lowest BCUT2D eigenvalue weighted by atomic mass is 10.4. The maximum atomic E-state index is 7.57. The predicted molar refractivity (Wildman–Crippen MR) is 57.8 cm³/mol. The molecule has 0 aliphatic carbocycles. The smallest absolute Gasteiger partial charge is 0.0402 e. The Kier molecular flexibility index (Phi) is 15.4. The van der Waals surface area contributed by atoms with Crippen LogP contribution in [0.25, 0.3) is 0 Å². The van der Waals surface area contributed by atoms with Gasteiger partial charge in [-0.2, -0.15) is 0 Å². The zero-order valence-electron chi connectivity index (χ0n) is 7.99. The van der Waals surface area contributed by atoms with Gasteiger partial charge in [-0.3, -0.25) is 0 Å².